The number of hydrogen-bond donors (Lipinski definition) is 1. The van der Waals surface area contributed by atoms with Gasteiger partial charge in [-0.25, -0.2) is 9.18 Å². The molecule has 2 aliphatic heterocycles. The van der Waals surface area contributed by atoms with Gasteiger partial charge in [-0.1, -0.05) is 6.07 Å². The molecule has 114 valence electrons. The molecule has 6 heteroatoms. The summed E-state index contributed by atoms with van der Waals surface area (Å²) < 4.78 is 13.7. The fraction of sp³-hybridized carbons (Fsp3) is 0.533. The summed E-state index contributed by atoms with van der Waals surface area (Å²) in [5.74, 6) is -0.275. The molecule has 21 heavy (non-hydrogen) atoms. The Kier molecular flexibility index (Phi) is 4.45. The van der Waals surface area contributed by atoms with Gasteiger partial charge in [0.25, 0.3) is 0 Å². The molecular formula is C15H19BrFN3O. The second-order valence-electron chi connectivity index (χ2n) is 5.63. The van der Waals surface area contributed by atoms with Crippen LogP contribution in [0.25, 0.3) is 0 Å². The van der Waals surface area contributed by atoms with Crippen molar-refractivity contribution in [2.24, 2.45) is 0 Å². The third kappa shape index (κ3) is 3.21. The van der Waals surface area contributed by atoms with Crippen LogP contribution in [0.1, 0.15) is 18.4 Å². The van der Waals surface area contributed by atoms with E-state index in [4.69, 9.17) is 0 Å². The van der Waals surface area contributed by atoms with Crippen LogP contribution >= 0.6 is 15.9 Å². The molecule has 0 aromatic heterocycles. The summed E-state index contributed by atoms with van der Waals surface area (Å²) in [4.78, 5) is 16.4. The van der Waals surface area contributed by atoms with E-state index in [2.05, 4.69) is 21.2 Å². The number of urea groups is 1. The highest BCUT2D eigenvalue weighted by molar-refractivity contribution is 9.10. The number of carbonyl (C=O) groups excluding carboxylic acids is 1. The molecule has 2 fully saturated rings. The van der Waals surface area contributed by atoms with Crippen LogP contribution in [-0.4, -0.2) is 48.1 Å². The molecule has 0 bridgehead atoms. The first-order valence-electron chi connectivity index (χ1n) is 7.35. The number of carbonyl (C=O) groups is 1. The lowest BCUT2D eigenvalue weighted by Crippen LogP contribution is -2.45. The Hall–Kier alpha value is -1.14. The Balaban J connectivity index is 1.64. The van der Waals surface area contributed by atoms with Crippen molar-refractivity contribution in [3.8, 4) is 0 Å². The summed E-state index contributed by atoms with van der Waals surface area (Å²) in [6.45, 7) is 4.06. The average molecular weight is 356 g/mol. The predicted molar refractivity (Wildman–Crippen MR) is 82.5 cm³/mol. The highest BCUT2D eigenvalue weighted by Crippen LogP contribution is 2.22. The summed E-state index contributed by atoms with van der Waals surface area (Å²) >= 11 is 3.19. The van der Waals surface area contributed by atoms with Gasteiger partial charge in [0.05, 0.1) is 4.47 Å². The van der Waals surface area contributed by atoms with E-state index in [0.29, 0.717) is 17.1 Å². The molecule has 1 N–H and O–H groups in total. The second-order valence-corrected chi connectivity index (χ2v) is 6.48. The molecule has 2 saturated heterocycles. The minimum Gasteiger partial charge on any atom is -0.320 e. The van der Waals surface area contributed by atoms with Gasteiger partial charge < -0.3 is 15.1 Å². The largest absolute Gasteiger partial charge is 0.320 e. The Labute approximate surface area is 132 Å². The summed E-state index contributed by atoms with van der Waals surface area (Å²) in [6.07, 6.45) is 2.06. The fourth-order valence-corrected chi connectivity index (χ4v) is 3.49. The van der Waals surface area contributed by atoms with Crippen LogP contribution < -0.4 is 5.32 Å². The van der Waals surface area contributed by atoms with Crippen molar-refractivity contribution in [3.63, 3.8) is 0 Å². The van der Waals surface area contributed by atoms with E-state index >= 15 is 0 Å². The van der Waals surface area contributed by atoms with E-state index in [1.807, 2.05) is 9.80 Å². The molecule has 0 aliphatic carbocycles. The molecule has 0 unspecified atom stereocenters. The van der Waals surface area contributed by atoms with Gasteiger partial charge in [-0.3, -0.25) is 0 Å². The van der Waals surface area contributed by atoms with Gasteiger partial charge in [-0.05, 0) is 59.6 Å². The van der Waals surface area contributed by atoms with Crippen LogP contribution in [0.15, 0.2) is 22.7 Å². The van der Waals surface area contributed by atoms with Crippen molar-refractivity contribution in [3.05, 3.63) is 34.1 Å². The molecule has 0 radical (unpaired) electrons. The summed E-state index contributed by atoms with van der Waals surface area (Å²) in [5, 5.41) is 3.32. The zero-order chi connectivity index (χ0) is 14.8. The topological polar surface area (TPSA) is 35.6 Å². The minimum atomic E-state index is -0.275. The minimum absolute atomic E-state index is 0.113. The van der Waals surface area contributed by atoms with Gasteiger partial charge in [0, 0.05) is 25.7 Å². The number of hydrogen-bond acceptors (Lipinski definition) is 2. The van der Waals surface area contributed by atoms with Crippen LogP contribution in [0, 0.1) is 5.82 Å². The van der Waals surface area contributed by atoms with Crippen molar-refractivity contribution in [1.82, 2.24) is 15.1 Å². The van der Waals surface area contributed by atoms with Crippen LogP contribution in [0.3, 0.4) is 0 Å². The van der Waals surface area contributed by atoms with Crippen LogP contribution in [0.5, 0.6) is 0 Å². The highest BCUT2D eigenvalue weighted by Gasteiger charge is 2.33. The van der Waals surface area contributed by atoms with Gasteiger partial charge in [0.15, 0.2) is 0 Å². The second kappa shape index (κ2) is 6.32. The summed E-state index contributed by atoms with van der Waals surface area (Å²) in [7, 11) is 0. The van der Waals surface area contributed by atoms with E-state index in [9.17, 15) is 9.18 Å². The predicted octanol–water partition coefficient (Wildman–Crippen LogP) is 2.58. The smallest absolute Gasteiger partial charge is 0.320 e. The SMILES string of the molecule is O=C1N(Cc2ccc(F)c(Br)c2)CCN1C1CCNCC1. The van der Waals surface area contributed by atoms with Gasteiger partial charge in [0.2, 0.25) is 0 Å². The molecule has 3 rings (SSSR count). The van der Waals surface area contributed by atoms with Crippen LogP contribution in [-0.2, 0) is 6.54 Å². The molecule has 2 amide bonds. The molecule has 0 atom stereocenters. The average Bonchev–Trinajstić information content (AvgIpc) is 2.85. The molecular weight excluding hydrogens is 337 g/mol. The van der Waals surface area contributed by atoms with E-state index in [1.165, 1.54) is 6.07 Å². The zero-order valence-corrected chi connectivity index (χ0v) is 13.4. The number of rotatable bonds is 3. The Morgan fingerprint density at radius 2 is 2.05 bits per heavy atom. The maximum atomic E-state index is 13.3. The Morgan fingerprint density at radius 3 is 2.76 bits per heavy atom. The molecule has 0 spiro atoms. The van der Waals surface area contributed by atoms with Crippen molar-refractivity contribution in [1.29, 1.82) is 0 Å². The summed E-state index contributed by atoms with van der Waals surface area (Å²) in [5.41, 5.74) is 0.948. The number of amides is 2. The number of benzene rings is 1. The van der Waals surface area contributed by atoms with Crippen LogP contribution in [0.2, 0.25) is 0 Å². The molecule has 2 aliphatic rings. The van der Waals surface area contributed by atoms with Crippen LogP contribution in [0.4, 0.5) is 9.18 Å². The quantitative estimate of drug-likeness (QED) is 0.904. The lowest BCUT2D eigenvalue weighted by Gasteiger charge is -2.31. The zero-order valence-electron chi connectivity index (χ0n) is 11.8. The maximum Gasteiger partial charge on any atom is 0.320 e. The lowest BCUT2D eigenvalue weighted by atomic mass is 10.1. The molecule has 1 aromatic carbocycles. The highest BCUT2D eigenvalue weighted by atomic mass is 79.9. The standard InChI is InChI=1S/C15H19BrFN3O/c16-13-9-11(1-2-14(13)17)10-19-7-8-20(15(19)21)12-3-5-18-6-4-12/h1-2,9,12,18H,3-8,10H2. The first-order valence-corrected chi connectivity index (χ1v) is 8.14. The van der Waals surface area contributed by atoms with Gasteiger partial charge in [-0.15, -0.1) is 0 Å². The first kappa shape index (κ1) is 14.8. The third-order valence-electron chi connectivity index (χ3n) is 4.23. The maximum absolute atomic E-state index is 13.3. The number of piperidine rings is 1. The monoisotopic (exact) mass is 355 g/mol. The Morgan fingerprint density at radius 1 is 1.29 bits per heavy atom. The van der Waals surface area contributed by atoms with E-state index in [1.54, 1.807) is 12.1 Å². The van der Waals surface area contributed by atoms with E-state index in [-0.39, 0.29) is 11.8 Å². The molecule has 0 saturated carbocycles. The third-order valence-corrected chi connectivity index (χ3v) is 4.84. The lowest BCUT2D eigenvalue weighted by molar-refractivity contribution is 0.165. The Bertz CT molecular complexity index is 534. The van der Waals surface area contributed by atoms with Crippen molar-refractivity contribution < 1.29 is 9.18 Å². The normalized spacial score (nSPS) is 20.4. The van der Waals surface area contributed by atoms with Crippen molar-refractivity contribution in [2.45, 2.75) is 25.4 Å². The number of nitrogens with one attached hydrogen (secondary N) is 1. The summed E-state index contributed by atoms with van der Waals surface area (Å²) in [6, 6.07) is 5.40. The van der Waals surface area contributed by atoms with Crippen molar-refractivity contribution >= 4 is 22.0 Å². The molecule has 2 heterocycles. The number of nitrogens with zero attached hydrogens (tertiary/aromatic N) is 2. The fourth-order valence-electron chi connectivity index (χ4n) is 3.06. The van der Waals surface area contributed by atoms with Gasteiger partial charge >= 0.3 is 6.03 Å². The molecule has 1 aromatic rings. The number of halogens is 2. The van der Waals surface area contributed by atoms with E-state index in [0.717, 1.165) is 44.6 Å². The van der Waals surface area contributed by atoms with Crippen molar-refractivity contribution in [2.75, 3.05) is 26.2 Å². The van der Waals surface area contributed by atoms with Gasteiger partial charge in [-0.2, -0.15) is 0 Å². The van der Waals surface area contributed by atoms with Gasteiger partial charge in [0.1, 0.15) is 5.82 Å². The van der Waals surface area contributed by atoms with E-state index < -0.39 is 0 Å². The molecule has 4 nitrogen and oxygen atoms in total. The first-order chi connectivity index (χ1) is 10.1.